The molecule has 2 rings (SSSR count). The number of ether oxygens (including phenoxy) is 1. The van der Waals surface area contributed by atoms with Crippen molar-refractivity contribution in [2.75, 3.05) is 18.0 Å². The molecule has 1 N–H and O–H groups in total. The van der Waals surface area contributed by atoms with E-state index in [9.17, 15) is 4.79 Å². The molecule has 4 nitrogen and oxygen atoms in total. The van der Waals surface area contributed by atoms with Gasteiger partial charge in [-0.3, -0.25) is 0 Å². The third-order valence-electron chi connectivity index (χ3n) is 2.79. The van der Waals surface area contributed by atoms with Crippen molar-refractivity contribution in [2.45, 2.75) is 32.4 Å². The first-order valence-electron chi connectivity index (χ1n) is 6.33. The molecule has 19 heavy (non-hydrogen) atoms. The number of carbonyl (C=O) groups excluding carboxylic acids is 1. The summed E-state index contributed by atoms with van der Waals surface area (Å²) in [5.74, 6) is 0. The number of amides is 1. The molecule has 1 aromatic carbocycles. The van der Waals surface area contributed by atoms with Crippen LogP contribution in [0.1, 0.15) is 20.8 Å². The lowest BCUT2D eigenvalue weighted by molar-refractivity contribution is 0.0496. The quantitative estimate of drug-likeness (QED) is 0.907. The molecule has 104 valence electrons. The standard InChI is InChI=1S/C14H19BrN2O2/c1-14(2,3)19-13(18)16-11-8-17(9-11)12-6-4-10(15)5-7-12/h4-7,11H,8-9H2,1-3H3,(H,16,18). The van der Waals surface area contributed by atoms with Gasteiger partial charge < -0.3 is 15.0 Å². The number of nitrogens with one attached hydrogen (secondary N) is 1. The summed E-state index contributed by atoms with van der Waals surface area (Å²) < 4.78 is 6.30. The van der Waals surface area contributed by atoms with Crippen LogP contribution in [0.2, 0.25) is 0 Å². The number of alkyl carbamates (subject to hydrolysis) is 1. The Balaban J connectivity index is 1.77. The lowest BCUT2D eigenvalue weighted by Gasteiger charge is -2.41. The fourth-order valence-electron chi connectivity index (χ4n) is 1.91. The summed E-state index contributed by atoms with van der Waals surface area (Å²) in [4.78, 5) is 13.8. The third-order valence-corrected chi connectivity index (χ3v) is 3.32. The minimum atomic E-state index is -0.445. The zero-order valence-electron chi connectivity index (χ0n) is 11.4. The largest absolute Gasteiger partial charge is 0.444 e. The van der Waals surface area contributed by atoms with Crippen molar-refractivity contribution in [2.24, 2.45) is 0 Å². The second-order valence-electron chi connectivity index (χ2n) is 5.72. The van der Waals surface area contributed by atoms with E-state index in [-0.39, 0.29) is 12.1 Å². The van der Waals surface area contributed by atoms with Crippen molar-refractivity contribution in [1.82, 2.24) is 5.32 Å². The Morgan fingerprint density at radius 1 is 1.32 bits per heavy atom. The molecule has 0 atom stereocenters. The molecule has 0 unspecified atom stereocenters. The third kappa shape index (κ3) is 4.13. The van der Waals surface area contributed by atoms with Crippen molar-refractivity contribution in [3.05, 3.63) is 28.7 Å². The topological polar surface area (TPSA) is 41.6 Å². The van der Waals surface area contributed by atoms with Crippen LogP contribution in [0, 0.1) is 0 Å². The van der Waals surface area contributed by atoms with Crippen LogP contribution < -0.4 is 10.2 Å². The number of hydrogen-bond acceptors (Lipinski definition) is 3. The molecule has 0 aliphatic carbocycles. The second-order valence-corrected chi connectivity index (χ2v) is 6.64. The zero-order chi connectivity index (χ0) is 14.0. The van der Waals surface area contributed by atoms with Crippen LogP contribution in [0.5, 0.6) is 0 Å². The number of hydrogen-bond donors (Lipinski definition) is 1. The minimum Gasteiger partial charge on any atom is -0.444 e. The molecule has 0 saturated carbocycles. The summed E-state index contributed by atoms with van der Waals surface area (Å²) in [6, 6.07) is 8.33. The minimum absolute atomic E-state index is 0.165. The molecule has 0 bridgehead atoms. The lowest BCUT2D eigenvalue weighted by Crippen LogP contribution is -2.60. The highest BCUT2D eigenvalue weighted by Crippen LogP contribution is 2.23. The van der Waals surface area contributed by atoms with E-state index in [1.165, 1.54) is 5.69 Å². The average molecular weight is 327 g/mol. The summed E-state index contributed by atoms with van der Waals surface area (Å²) in [5, 5.41) is 2.87. The summed E-state index contributed by atoms with van der Waals surface area (Å²) in [6.07, 6.45) is -0.340. The Morgan fingerprint density at radius 2 is 1.89 bits per heavy atom. The van der Waals surface area contributed by atoms with E-state index in [0.29, 0.717) is 0 Å². The Hall–Kier alpha value is -1.23. The first-order chi connectivity index (χ1) is 8.83. The molecule has 1 fully saturated rings. The van der Waals surface area contributed by atoms with E-state index in [1.807, 2.05) is 32.9 Å². The molecule has 5 heteroatoms. The van der Waals surface area contributed by atoms with E-state index in [2.05, 4.69) is 38.3 Å². The van der Waals surface area contributed by atoms with E-state index in [1.54, 1.807) is 0 Å². The maximum absolute atomic E-state index is 11.6. The number of benzene rings is 1. The van der Waals surface area contributed by atoms with Crippen LogP contribution in [0.25, 0.3) is 0 Å². The van der Waals surface area contributed by atoms with Gasteiger partial charge in [-0.25, -0.2) is 4.79 Å². The van der Waals surface area contributed by atoms with Crippen molar-refractivity contribution in [3.8, 4) is 0 Å². The molecular weight excluding hydrogens is 308 g/mol. The fraction of sp³-hybridized carbons (Fsp3) is 0.500. The monoisotopic (exact) mass is 326 g/mol. The average Bonchev–Trinajstić information content (AvgIpc) is 2.22. The van der Waals surface area contributed by atoms with Crippen molar-refractivity contribution in [1.29, 1.82) is 0 Å². The Bertz CT molecular complexity index is 448. The normalized spacial score (nSPS) is 15.9. The first-order valence-corrected chi connectivity index (χ1v) is 7.13. The van der Waals surface area contributed by atoms with Crippen molar-refractivity contribution in [3.63, 3.8) is 0 Å². The van der Waals surface area contributed by atoms with Gasteiger partial charge in [-0.1, -0.05) is 15.9 Å². The maximum Gasteiger partial charge on any atom is 0.407 e. The molecule has 0 spiro atoms. The number of nitrogens with zero attached hydrogens (tertiary/aromatic N) is 1. The summed E-state index contributed by atoms with van der Waals surface area (Å²) in [7, 11) is 0. The molecule has 1 amide bonds. The molecule has 1 aliphatic rings. The highest BCUT2D eigenvalue weighted by molar-refractivity contribution is 9.10. The van der Waals surface area contributed by atoms with Crippen LogP contribution in [0.15, 0.2) is 28.7 Å². The number of anilines is 1. The van der Waals surface area contributed by atoms with Crippen LogP contribution in [0.4, 0.5) is 10.5 Å². The van der Waals surface area contributed by atoms with Gasteiger partial charge in [0.1, 0.15) is 5.60 Å². The summed E-state index contributed by atoms with van der Waals surface area (Å²) in [6.45, 7) is 7.23. The van der Waals surface area contributed by atoms with Crippen LogP contribution >= 0.6 is 15.9 Å². The van der Waals surface area contributed by atoms with Crippen LogP contribution in [-0.2, 0) is 4.74 Å². The molecule has 1 aliphatic heterocycles. The van der Waals surface area contributed by atoms with Gasteiger partial charge in [0.25, 0.3) is 0 Å². The molecule has 1 saturated heterocycles. The second kappa shape index (κ2) is 5.41. The van der Waals surface area contributed by atoms with Crippen molar-refractivity contribution < 1.29 is 9.53 Å². The Labute approximate surface area is 122 Å². The predicted octanol–water partition coefficient (Wildman–Crippen LogP) is 3.16. The molecule has 0 radical (unpaired) electrons. The number of rotatable bonds is 2. The highest BCUT2D eigenvalue weighted by atomic mass is 79.9. The predicted molar refractivity (Wildman–Crippen MR) is 79.5 cm³/mol. The lowest BCUT2D eigenvalue weighted by atomic mass is 10.1. The van der Waals surface area contributed by atoms with Gasteiger partial charge in [0.05, 0.1) is 6.04 Å². The molecule has 0 aromatic heterocycles. The fourth-order valence-corrected chi connectivity index (χ4v) is 2.17. The van der Waals surface area contributed by atoms with Gasteiger partial charge >= 0.3 is 6.09 Å². The van der Waals surface area contributed by atoms with E-state index < -0.39 is 5.60 Å². The van der Waals surface area contributed by atoms with Gasteiger partial charge in [0.15, 0.2) is 0 Å². The number of halogens is 1. The number of carbonyl (C=O) groups is 1. The van der Waals surface area contributed by atoms with E-state index in [4.69, 9.17) is 4.74 Å². The van der Waals surface area contributed by atoms with Crippen LogP contribution in [-0.4, -0.2) is 30.8 Å². The summed E-state index contributed by atoms with van der Waals surface area (Å²) in [5.41, 5.74) is 0.726. The molecule has 1 aromatic rings. The highest BCUT2D eigenvalue weighted by Gasteiger charge is 2.29. The summed E-state index contributed by atoms with van der Waals surface area (Å²) >= 11 is 3.41. The van der Waals surface area contributed by atoms with E-state index >= 15 is 0 Å². The smallest absolute Gasteiger partial charge is 0.407 e. The van der Waals surface area contributed by atoms with Gasteiger partial charge in [0.2, 0.25) is 0 Å². The molecule has 1 heterocycles. The zero-order valence-corrected chi connectivity index (χ0v) is 13.0. The maximum atomic E-state index is 11.6. The SMILES string of the molecule is CC(C)(C)OC(=O)NC1CN(c2ccc(Br)cc2)C1. The Morgan fingerprint density at radius 3 is 2.42 bits per heavy atom. The van der Waals surface area contributed by atoms with Gasteiger partial charge in [-0.05, 0) is 45.0 Å². The van der Waals surface area contributed by atoms with Crippen LogP contribution in [0.3, 0.4) is 0 Å². The first kappa shape index (κ1) is 14.2. The van der Waals surface area contributed by atoms with Crippen molar-refractivity contribution >= 4 is 27.7 Å². The van der Waals surface area contributed by atoms with Gasteiger partial charge in [-0.15, -0.1) is 0 Å². The van der Waals surface area contributed by atoms with E-state index in [0.717, 1.165) is 17.6 Å². The molecular formula is C14H19BrN2O2. The van der Waals surface area contributed by atoms with Gasteiger partial charge in [0, 0.05) is 23.2 Å². The van der Waals surface area contributed by atoms with Gasteiger partial charge in [-0.2, -0.15) is 0 Å². The Kier molecular flexibility index (Phi) is 4.04.